The van der Waals surface area contributed by atoms with E-state index in [9.17, 15) is 4.79 Å². The van der Waals surface area contributed by atoms with Gasteiger partial charge in [0.2, 0.25) is 5.91 Å². The van der Waals surface area contributed by atoms with Crippen LogP contribution in [0.1, 0.15) is 37.3 Å². The van der Waals surface area contributed by atoms with Crippen molar-refractivity contribution in [1.82, 2.24) is 4.98 Å². The van der Waals surface area contributed by atoms with Gasteiger partial charge in [0.15, 0.2) is 5.13 Å². The summed E-state index contributed by atoms with van der Waals surface area (Å²) in [4.78, 5) is 17.3. The molecule has 1 N–H and O–H groups in total. The third kappa shape index (κ3) is 3.51. The summed E-state index contributed by atoms with van der Waals surface area (Å²) in [6.45, 7) is 4.39. The summed E-state index contributed by atoms with van der Waals surface area (Å²) >= 11 is 1.61. The summed E-state index contributed by atoms with van der Waals surface area (Å²) in [5.41, 5.74) is 1.17. The molecule has 2 rings (SSSR count). The van der Waals surface area contributed by atoms with Gasteiger partial charge in [-0.1, -0.05) is 0 Å². The third-order valence-corrected chi connectivity index (χ3v) is 3.70. The monoisotopic (exact) mass is 254 g/mol. The predicted molar refractivity (Wildman–Crippen MR) is 68.5 cm³/mol. The first-order chi connectivity index (χ1) is 8.15. The second-order valence-corrected chi connectivity index (χ2v) is 5.54. The fourth-order valence-corrected chi connectivity index (χ4v) is 2.88. The van der Waals surface area contributed by atoms with Gasteiger partial charge < -0.3 is 10.1 Å². The fourth-order valence-electron chi connectivity index (χ4n) is 1.81. The largest absolute Gasteiger partial charge is 0.378 e. The molecule has 0 radical (unpaired) electrons. The van der Waals surface area contributed by atoms with Crippen LogP contribution in [0.5, 0.6) is 0 Å². The molecule has 1 aliphatic rings. The van der Waals surface area contributed by atoms with E-state index in [-0.39, 0.29) is 12.0 Å². The third-order valence-electron chi connectivity index (χ3n) is 2.62. The van der Waals surface area contributed by atoms with Crippen molar-refractivity contribution in [2.45, 2.75) is 45.6 Å². The number of aromatic nitrogens is 1. The highest BCUT2D eigenvalue weighted by atomic mass is 32.1. The minimum absolute atomic E-state index is 0.0157. The van der Waals surface area contributed by atoms with Crippen molar-refractivity contribution in [2.75, 3.05) is 11.9 Å². The van der Waals surface area contributed by atoms with Gasteiger partial charge in [0, 0.05) is 4.88 Å². The highest BCUT2D eigenvalue weighted by Crippen LogP contribution is 2.30. The Morgan fingerprint density at radius 2 is 2.35 bits per heavy atom. The Balaban J connectivity index is 1.78. The number of amides is 1. The lowest BCUT2D eigenvalue weighted by Gasteiger charge is -2.06. The predicted octanol–water partition coefficient (Wildman–Crippen LogP) is 2.39. The molecule has 0 bridgehead atoms. The zero-order valence-corrected chi connectivity index (χ0v) is 11.1. The van der Waals surface area contributed by atoms with Crippen LogP contribution in [-0.2, 0) is 22.4 Å². The van der Waals surface area contributed by atoms with Crippen LogP contribution in [0, 0.1) is 0 Å². The average molecular weight is 254 g/mol. The quantitative estimate of drug-likeness (QED) is 0.877. The molecule has 1 aliphatic carbocycles. The van der Waals surface area contributed by atoms with Gasteiger partial charge in [-0.2, -0.15) is 0 Å². The molecule has 0 aromatic carbocycles. The van der Waals surface area contributed by atoms with Gasteiger partial charge in [-0.3, -0.25) is 4.79 Å². The zero-order chi connectivity index (χ0) is 12.3. The molecule has 0 saturated heterocycles. The summed E-state index contributed by atoms with van der Waals surface area (Å²) in [6.07, 6.45) is 3.93. The number of anilines is 1. The number of thiazole rings is 1. The molecule has 0 saturated carbocycles. The van der Waals surface area contributed by atoms with Crippen LogP contribution in [0.2, 0.25) is 0 Å². The van der Waals surface area contributed by atoms with Crippen molar-refractivity contribution >= 4 is 22.4 Å². The number of hydrogen-bond donors (Lipinski definition) is 1. The lowest BCUT2D eigenvalue weighted by Crippen LogP contribution is -2.15. The lowest BCUT2D eigenvalue weighted by atomic mass is 10.4. The van der Waals surface area contributed by atoms with Crippen molar-refractivity contribution in [2.24, 2.45) is 0 Å². The number of aryl methyl sites for hydroxylation is 2. The van der Waals surface area contributed by atoms with E-state index >= 15 is 0 Å². The number of carbonyl (C=O) groups excluding carboxylic acids is 1. The summed E-state index contributed by atoms with van der Waals surface area (Å²) < 4.78 is 5.33. The molecule has 0 aliphatic heterocycles. The summed E-state index contributed by atoms with van der Waals surface area (Å²) in [6, 6.07) is 0. The number of ether oxygens (including phenoxy) is 1. The van der Waals surface area contributed by atoms with Crippen molar-refractivity contribution < 1.29 is 9.53 Å². The second kappa shape index (κ2) is 5.60. The molecule has 1 amide bonds. The van der Waals surface area contributed by atoms with Crippen molar-refractivity contribution in [1.29, 1.82) is 0 Å². The Bertz CT molecular complexity index is 380. The van der Waals surface area contributed by atoms with E-state index in [2.05, 4.69) is 10.3 Å². The fraction of sp³-hybridized carbons (Fsp3) is 0.667. The van der Waals surface area contributed by atoms with Gasteiger partial charge in [-0.05, 0) is 33.1 Å². The lowest BCUT2D eigenvalue weighted by molar-refractivity contribution is -0.117. The molecule has 94 valence electrons. The van der Waals surface area contributed by atoms with E-state index < -0.39 is 0 Å². The van der Waals surface area contributed by atoms with Crippen LogP contribution in [-0.4, -0.2) is 23.6 Å². The molecule has 4 nitrogen and oxygen atoms in total. The van der Waals surface area contributed by atoms with E-state index in [1.165, 1.54) is 17.0 Å². The van der Waals surface area contributed by atoms with Crippen LogP contribution < -0.4 is 5.32 Å². The van der Waals surface area contributed by atoms with Crippen molar-refractivity contribution in [3.05, 3.63) is 10.6 Å². The summed E-state index contributed by atoms with van der Waals surface area (Å²) in [5, 5.41) is 3.57. The van der Waals surface area contributed by atoms with Crippen LogP contribution in [0.3, 0.4) is 0 Å². The minimum Gasteiger partial charge on any atom is -0.378 e. The Morgan fingerprint density at radius 3 is 3.06 bits per heavy atom. The molecule has 0 unspecified atom stereocenters. The number of nitrogens with one attached hydrogen (secondary N) is 1. The van der Waals surface area contributed by atoms with Crippen LogP contribution >= 0.6 is 11.3 Å². The maximum atomic E-state index is 11.6. The molecule has 5 heteroatoms. The molecule has 0 fully saturated rings. The molecule has 0 atom stereocenters. The topological polar surface area (TPSA) is 51.2 Å². The first-order valence-electron chi connectivity index (χ1n) is 6.05. The Labute approximate surface area is 105 Å². The SMILES string of the molecule is CC(C)OCCC(=O)Nc1nc2c(s1)CCC2. The Hall–Kier alpha value is -0.940. The normalized spacial score (nSPS) is 14.1. The molecule has 1 aromatic heterocycles. The molecule has 1 aromatic rings. The van der Waals surface area contributed by atoms with E-state index in [0.717, 1.165) is 18.0 Å². The van der Waals surface area contributed by atoms with Gasteiger partial charge >= 0.3 is 0 Å². The van der Waals surface area contributed by atoms with Crippen molar-refractivity contribution in [3.63, 3.8) is 0 Å². The maximum absolute atomic E-state index is 11.6. The average Bonchev–Trinajstić information content (AvgIpc) is 2.76. The first-order valence-corrected chi connectivity index (χ1v) is 6.87. The minimum atomic E-state index is -0.0157. The summed E-state index contributed by atoms with van der Waals surface area (Å²) in [7, 11) is 0. The molecular weight excluding hydrogens is 236 g/mol. The number of fused-ring (bicyclic) bond motifs is 1. The second-order valence-electron chi connectivity index (χ2n) is 4.46. The molecular formula is C12H18N2O2S. The number of carbonyl (C=O) groups is 1. The van der Waals surface area contributed by atoms with Gasteiger partial charge in [0.1, 0.15) is 0 Å². The zero-order valence-electron chi connectivity index (χ0n) is 10.3. The molecule has 17 heavy (non-hydrogen) atoms. The van der Waals surface area contributed by atoms with Crippen LogP contribution in [0.25, 0.3) is 0 Å². The van der Waals surface area contributed by atoms with E-state index in [1.807, 2.05) is 13.8 Å². The number of hydrogen-bond acceptors (Lipinski definition) is 4. The number of rotatable bonds is 5. The molecule has 1 heterocycles. The first kappa shape index (κ1) is 12.5. The smallest absolute Gasteiger partial charge is 0.228 e. The molecule has 0 spiro atoms. The van der Waals surface area contributed by atoms with Crippen LogP contribution in [0.4, 0.5) is 5.13 Å². The Morgan fingerprint density at radius 1 is 1.53 bits per heavy atom. The maximum Gasteiger partial charge on any atom is 0.228 e. The highest BCUT2D eigenvalue weighted by Gasteiger charge is 2.17. The highest BCUT2D eigenvalue weighted by molar-refractivity contribution is 7.15. The van der Waals surface area contributed by atoms with Crippen LogP contribution in [0.15, 0.2) is 0 Å². The van der Waals surface area contributed by atoms with Gasteiger partial charge in [-0.25, -0.2) is 4.98 Å². The van der Waals surface area contributed by atoms with Gasteiger partial charge in [-0.15, -0.1) is 11.3 Å². The number of nitrogens with zero attached hydrogens (tertiary/aromatic N) is 1. The van der Waals surface area contributed by atoms with E-state index in [4.69, 9.17) is 4.74 Å². The van der Waals surface area contributed by atoms with Gasteiger partial charge in [0.05, 0.1) is 24.8 Å². The van der Waals surface area contributed by atoms with E-state index in [0.29, 0.717) is 13.0 Å². The van der Waals surface area contributed by atoms with Crippen molar-refractivity contribution in [3.8, 4) is 0 Å². The Kier molecular flexibility index (Phi) is 4.12. The van der Waals surface area contributed by atoms with E-state index in [1.54, 1.807) is 11.3 Å². The van der Waals surface area contributed by atoms with Gasteiger partial charge in [0.25, 0.3) is 0 Å². The standard InChI is InChI=1S/C12H18N2O2S/c1-8(2)16-7-6-11(15)14-12-13-9-4-3-5-10(9)17-12/h8H,3-7H2,1-2H3,(H,13,14,15). The summed E-state index contributed by atoms with van der Waals surface area (Å²) in [5.74, 6) is -0.0157.